The first-order chi connectivity index (χ1) is 13.4. The zero-order valence-electron chi connectivity index (χ0n) is 15.5. The minimum Gasteiger partial charge on any atom is -0.465 e. The minimum atomic E-state index is -0.394. The van der Waals surface area contributed by atoms with Crippen LogP contribution in [0, 0.1) is 5.41 Å². The molecule has 0 saturated carbocycles. The first kappa shape index (κ1) is 19.8. The number of methoxy groups -OCH3 is 1. The highest BCUT2D eigenvalue weighted by molar-refractivity contribution is 8.00. The summed E-state index contributed by atoms with van der Waals surface area (Å²) in [4.78, 5) is 26.3. The molecule has 1 fully saturated rings. The molecular formula is C20H21N3O4S. The Hall–Kier alpha value is -3.00. The Labute approximate surface area is 167 Å². The lowest BCUT2D eigenvalue weighted by Crippen LogP contribution is -2.27. The third-order valence-electron chi connectivity index (χ3n) is 4.45. The lowest BCUT2D eigenvalue weighted by molar-refractivity contribution is 0.0600. The molecule has 1 aliphatic rings. The van der Waals surface area contributed by atoms with E-state index < -0.39 is 6.09 Å². The SMILES string of the molecule is COC(=O)c1ccc(SC(C)C2CN(c3ccc(C(=N)N)cc3)C(=O)O2)cc1. The molecule has 2 atom stereocenters. The first-order valence-electron chi connectivity index (χ1n) is 8.66. The van der Waals surface area contributed by atoms with Crippen LogP contribution in [0.5, 0.6) is 0 Å². The van der Waals surface area contributed by atoms with Gasteiger partial charge in [0, 0.05) is 21.4 Å². The van der Waals surface area contributed by atoms with Crippen LogP contribution in [0.15, 0.2) is 53.4 Å². The van der Waals surface area contributed by atoms with Crippen molar-refractivity contribution < 1.29 is 19.1 Å². The van der Waals surface area contributed by atoms with E-state index in [1.54, 1.807) is 53.1 Å². The third-order valence-corrected chi connectivity index (χ3v) is 5.67. The van der Waals surface area contributed by atoms with E-state index in [-0.39, 0.29) is 23.2 Å². The molecular weight excluding hydrogens is 378 g/mol. The smallest absolute Gasteiger partial charge is 0.414 e. The number of amidine groups is 1. The quantitative estimate of drug-likeness (QED) is 0.334. The van der Waals surface area contributed by atoms with Crippen molar-refractivity contribution in [3.8, 4) is 0 Å². The molecule has 1 saturated heterocycles. The van der Waals surface area contributed by atoms with Gasteiger partial charge in [-0.1, -0.05) is 0 Å². The number of esters is 1. The monoisotopic (exact) mass is 399 g/mol. The number of hydrogen-bond donors (Lipinski definition) is 2. The molecule has 146 valence electrons. The van der Waals surface area contributed by atoms with Gasteiger partial charge in [-0.25, -0.2) is 9.59 Å². The second kappa shape index (κ2) is 8.35. The van der Waals surface area contributed by atoms with E-state index >= 15 is 0 Å². The predicted octanol–water partition coefficient (Wildman–Crippen LogP) is 3.26. The lowest BCUT2D eigenvalue weighted by Gasteiger charge is -2.17. The Bertz CT molecular complexity index is 883. The first-order valence-corrected chi connectivity index (χ1v) is 9.54. The molecule has 28 heavy (non-hydrogen) atoms. The summed E-state index contributed by atoms with van der Waals surface area (Å²) in [5, 5.41) is 7.46. The number of cyclic esters (lactones) is 1. The van der Waals surface area contributed by atoms with Crippen LogP contribution in [-0.4, -0.2) is 42.9 Å². The molecule has 0 aliphatic carbocycles. The molecule has 8 heteroatoms. The van der Waals surface area contributed by atoms with Crippen LogP contribution in [-0.2, 0) is 9.47 Å². The van der Waals surface area contributed by atoms with Gasteiger partial charge >= 0.3 is 12.1 Å². The molecule has 0 spiro atoms. The van der Waals surface area contributed by atoms with E-state index in [0.717, 1.165) is 4.90 Å². The summed E-state index contributed by atoms with van der Waals surface area (Å²) in [6.07, 6.45) is -0.667. The van der Waals surface area contributed by atoms with Crippen molar-refractivity contribution in [1.82, 2.24) is 0 Å². The number of nitrogens with one attached hydrogen (secondary N) is 1. The third kappa shape index (κ3) is 4.28. The number of hydrogen-bond acceptors (Lipinski definition) is 6. The number of nitrogens with zero attached hydrogens (tertiary/aromatic N) is 1. The van der Waals surface area contributed by atoms with Gasteiger partial charge in [0.1, 0.15) is 11.9 Å². The van der Waals surface area contributed by atoms with Crippen LogP contribution in [0.3, 0.4) is 0 Å². The Morgan fingerprint density at radius 3 is 2.39 bits per heavy atom. The van der Waals surface area contributed by atoms with Gasteiger partial charge in [-0.2, -0.15) is 0 Å². The summed E-state index contributed by atoms with van der Waals surface area (Å²) in [6.45, 7) is 2.44. The molecule has 1 heterocycles. The summed E-state index contributed by atoms with van der Waals surface area (Å²) in [5.74, 6) is -0.391. The van der Waals surface area contributed by atoms with Gasteiger partial charge in [-0.05, 0) is 55.5 Å². The van der Waals surface area contributed by atoms with Gasteiger partial charge in [0.25, 0.3) is 0 Å². The summed E-state index contributed by atoms with van der Waals surface area (Å²) < 4.78 is 10.2. The van der Waals surface area contributed by atoms with E-state index in [2.05, 4.69) is 0 Å². The highest BCUT2D eigenvalue weighted by Crippen LogP contribution is 2.31. The van der Waals surface area contributed by atoms with E-state index in [1.165, 1.54) is 7.11 Å². The van der Waals surface area contributed by atoms with Crippen LogP contribution in [0.25, 0.3) is 0 Å². The van der Waals surface area contributed by atoms with Crippen LogP contribution < -0.4 is 10.6 Å². The Kier molecular flexibility index (Phi) is 5.89. The molecule has 1 aliphatic heterocycles. The molecule has 3 rings (SSSR count). The van der Waals surface area contributed by atoms with Crippen molar-refractivity contribution in [3.63, 3.8) is 0 Å². The van der Waals surface area contributed by atoms with Crippen LogP contribution in [0.1, 0.15) is 22.8 Å². The molecule has 0 aromatic heterocycles. The highest BCUT2D eigenvalue weighted by Gasteiger charge is 2.36. The second-order valence-corrected chi connectivity index (χ2v) is 7.78. The summed E-state index contributed by atoms with van der Waals surface area (Å²) in [5.41, 5.74) is 7.27. The molecule has 1 amide bonds. The largest absolute Gasteiger partial charge is 0.465 e. The number of ether oxygens (including phenoxy) is 2. The standard InChI is InChI=1S/C20H21N3O4S/c1-12(28-16-9-5-14(6-10-16)19(24)26-2)17-11-23(20(25)27-17)15-7-3-13(4-8-15)18(21)22/h3-10,12,17H,11H2,1-2H3,(H3,21,22). The van der Waals surface area contributed by atoms with Crippen LogP contribution >= 0.6 is 11.8 Å². The van der Waals surface area contributed by atoms with Gasteiger partial charge in [-0.15, -0.1) is 11.8 Å². The van der Waals surface area contributed by atoms with E-state index in [1.807, 2.05) is 19.1 Å². The average Bonchev–Trinajstić information content (AvgIpc) is 3.10. The fraction of sp³-hybridized carbons (Fsp3) is 0.250. The van der Waals surface area contributed by atoms with Crippen LogP contribution in [0.4, 0.5) is 10.5 Å². The van der Waals surface area contributed by atoms with Gasteiger partial charge < -0.3 is 15.2 Å². The lowest BCUT2D eigenvalue weighted by atomic mass is 10.2. The number of thioether (sulfide) groups is 1. The van der Waals surface area contributed by atoms with E-state index in [4.69, 9.17) is 20.6 Å². The molecule has 2 aromatic carbocycles. The number of carbonyl (C=O) groups is 2. The zero-order chi connectivity index (χ0) is 20.3. The Balaban J connectivity index is 1.64. The maximum Gasteiger partial charge on any atom is 0.414 e. The predicted molar refractivity (Wildman–Crippen MR) is 108 cm³/mol. The van der Waals surface area contributed by atoms with E-state index in [0.29, 0.717) is 23.4 Å². The van der Waals surface area contributed by atoms with Gasteiger partial charge in [0.15, 0.2) is 0 Å². The molecule has 0 radical (unpaired) electrons. The second-order valence-electron chi connectivity index (χ2n) is 6.33. The summed E-state index contributed by atoms with van der Waals surface area (Å²) in [7, 11) is 1.35. The minimum absolute atomic E-state index is 0.0170. The van der Waals surface area contributed by atoms with Crippen molar-refractivity contribution in [1.29, 1.82) is 5.41 Å². The van der Waals surface area contributed by atoms with Crippen molar-refractivity contribution >= 4 is 35.3 Å². The molecule has 2 aromatic rings. The van der Waals surface area contributed by atoms with E-state index in [9.17, 15) is 9.59 Å². The maximum absolute atomic E-state index is 12.3. The van der Waals surface area contributed by atoms with Crippen LogP contribution in [0.2, 0.25) is 0 Å². The zero-order valence-corrected chi connectivity index (χ0v) is 16.4. The molecule has 2 unspecified atom stereocenters. The number of anilines is 1. The van der Waals surface area contributed by atoms with Crippen molar-refractivity contribution in [3.05, 3.63) is 59.7 Å². The van der Waals surface area contributed by atoms with Crippen molar-refractivity contribution in [2.45, 2.75) is 23.2 Å². The molecule has 7 nitrogen and oxygen atoms in total. The number of benzene rings is 2. The van der Waals surface area contributed by atoms with Gasteiger partial charge in [-0.3, -0.25) is 10.3 Å². The Morgan fingerprint density at radius 2 is 1.82 bits per heavy atom. The average molecular weight is 399 g/mol. The number of nitrogens with two attached hydrogens (primary N) is 1. The molecule has 3 N–H and O–H groups in total. The maximum atomic E-state index is 12.3. The van der Waals surface area contributed by atoms with Crippen molar-refractivity contribution in [2.24, 2.45) is 5.73 Å². The fourth-order valence-electron chi connectivity index (χ4n) is 2.84. The molecule has 0 bridgehead atoms. The number of carbonyl (C=O) groups excluding carboxylic acids is 2. The number of rotatable bonds is 6. The highest BCUT2D eigenvalue weighted by atomic mass is 32.2. The van der Waals surface area contributed by atoms with Gasteiger partial charge in [0.2, 0.25) is 0 Å². The van der Waals surface area contributed by atoms with Gasteiger partial charge in [0.05, 0.1) is 19.2 Å². The van der Waals surface area contributed by atoms with Crippen molar-refractivity contribution in [2.75, 3.05) is 18.6 Å². The fourth-order valence-corrected chi connectivity index (χ4v) is 3.85. The number of amides is 1. The summed E-state index contributed by atoms with van der Waals surface area (Å²) in [6, 6.07) is 14.0. The number of nitrogen functional groups attached to an aromatic ring is 1. The Morgan fingerprint density at radius 1 is 1.21 bits per heavy atom. The topological polar surface area (TPSA) is 106 Å². The summed E-state index contributed by atoms with van der Waals surface area (Å²) >= 11 is 1.57. The normalized spacial score (nSPS) is 17.1.